The number of hydrogen-bond acceptors (Lipinski definition) is 3. The monoisotopic (exact) mass is 308 g/mol. The lowest BCUT2D eigenvalue weighted by Gasteiger charge is -2.10. The number of nitrogens with zero attached hydrogens (tertiary/aromatic N) is 1. The van der Waals surface area contributed by atoms with E-state index >= 15 is 0 Å². The van der Waals surface area contributed by atoms with Gasteiger partial charge in [-0.3, -0.25) is 0 Å². The molecule has 5 heteroatoms. The van der Waals surface area contributed by atoms with Crippen molar-refractivity contribution in [3.8, 4) is 5.88 Å². The van der Waals surface area contributed by atoms with Gasteiger partial charge in [0.2, 0.25) is 5.88 Å². The van der Waals surface area contributed by atoms with Gasteiger partial charge in [-0.05, 0) is 24.6 Å². The van der Waals surface area contributed by atoms with Crippen LogP contribution in [0.15, 0.2) is 36.5 Å². The van der Waals surface area contributed by atoms with Crippen molar-refractivity contribution in [3.63, 3.8) is 0 Å². The topological polar surface area (TPSA) is 34.1 Å². The molecule has 1 aromatic heterocycles. The minimum absolute atomic E-state index is 0.142. The Labute approximate surface area is 129 Å². The van der Waals surface area contributed by atoms with Gasteiger partial charge in [0.15, 0.2) is 0 Å². The molecule has 0 aliphatic carbocycles. The summed E-state index contributed by atoms with van der Waals surface area (Å²) in [5.74, 6) is 0.159. The summed E-state index contributed by atoms with van der Waals surface area (Å²) in [6.45, 7) is 3.82. The second kappa shape index (κ2) is 7.96. The number of halogens is 2. The minimum atomic E-state index is -0.281. The first-order valence-corrected chi connectivity index (χ1v) is 7.30. The van der Waals surface area contributed by atoms with Gasteiger partial charge in [-0.25, -0.2) is 9.37 Å². The Morgan fingerprint density at radius 2 is 2.10 bits per heavy atom. The van der Waals surface area contributed by atoms with Gasteiger partial charge < -0.3 is 10.1 Å². The molecule has 1 N–H and O–H groups in total. The van der Waals surface area contributed by atoms with Crippen molar-refractivity contribution in [2.45, 2.75) is 26.5 Å². The van der Waals surface area contributed by atoms with Crippen molar-refractivity contribution in [1.82, 2.24) is 10.3 Å². The second-order valence-electron chi connectivity index (χ2n) is 4.67. The maximum Gasteiger partial charge on any atom is 0.213 e. The number of benzene rings is 1. The van der Waals surface area contributed by atoms with Crippen molar-refractivity contribution in [2.75, 3.05) is 6.54 Å². The molecule has 0 spiro atoms. The Balaban J connectivity index is 2.00. The summed E-state index contributed by atoms with van der Waals surface area (Å²) in [6, 6.07) is 8.31. The van der Waals surface area contributed by atoms with Crippen LogP contribution < -0.4 is 10.1 Å². The molecule has 0 fully saturated rings. The van der Waals surface area contributed by atoms with Crippen molar-refractivity contribution < 1.29 is 9.13 Å². The molecule has 0 amide bonds. The Morgan fingerprint density at radius 3 is 2.86 bits per heavy atom. The molecule has 0 aliphatic rings. The average molecular weight is 309 g/mol. The van der Waals surface area contributed by atoms with E-state index in [-0.39, 0.29) is 12.4 Å². The number of rotatable bonds is 7. The zero-order chi connectivity index (χ0) is 15.1. The van der Waals surface area contributed by atoms with Crippen LogP contribution in [0, 0.1) is 5.82 Å². The zero-order valence-corrected chi connectivity index (χ0v) is 12.7. The van der Waals surface area contributed by atoms with E-state index in [1.54, 1.807) is 30.5 Å². The first kappa shape index (κ1) is 15.7. The summed E-state index contributed by atoms with van der Waals surface area (Å²) in [4.78, 5) is 4.11. The first-order chi connectivity index (χ1) is 10.2. The van der Waals surface area contributed by atoms with Crippen LogP contribution in [0.1, 0.15) is 24.5 Å². The molecule has 0 bridgehead atoms. The molecule has 0 atom stereocenters. The zero-order valence-electron chi connectivity index (χ0n) is 11.9. The third-order valence-electron chi connectivity index (χ3n) is 2.99. The maximum absolute atomic E-state index is 13.5. The Bertz CT molecular complexity index is 592. The van der Waals surface area contributed by atoms with Crippen molar-refractivity contribution in [2.24, 2.45) is 0 Å². The van der Waals surface area contributed by atoms with Crippen LogP contribution in [-0.4, -0.2) is 11.5 Å². The Kier molecular flexibility index (Phi) is 5.96. The van der Waals surface area contributed by atoms with Crippen molar-refractivity contribution in [1.29, 1.82) is 0 Å². The van der Waals surface area contributed by atoms with E-state index in [0.29, 0.717) is 23.0 Å². The largest absolute Gasteiger partial charge is 0.473 e. The number of nitrogens with one attached hydrogen (secondary N) is 1. The highest BCUT2D eigenvalue weighted by atomic mass is 35.5. The Hall–Kier alpha value is -1.65. The van der Waals surface area contributed by atoms with Crippen LogP contribution in [0.2, 0.25) is 5.02 Å². The SMILES string of the molecule is CCCNCc1cc(OCc2ccccc2F)ncc1Cl. The van der Waals surface area contributed by atoms with E-state index in [2.05, 4.69) is 17.2 Å². The predicted octanol–water partition coefficient (Wildman–Crippen LogP) is 3.95. The molecule has 0 saturated carbocycles. The molecule has 0 radical (unpaired) electrons. The fourth-order valence-electron chi connectivity index (χ4n) is 1.84. The van der Waals surface area contributed by atoms with Gasteiger partial charge in [0, 0.05) is 24.4 Å². The third kappa shape index (κ3) is 4.69. The molecular weight excluding hydrogens is 291 g/mol. The molecule has 0 aliphatic heterocycles. The molecule has 0 saturated heterocycles. The van der Waals surface area contributed by atoms with E-state index in [0.717, 1.165) is 18.5 Å². The highest BCUT2D eigenvalue weighted by Crippen LogP contribution is 2.20. The summed E-state index contributed by atoms with van der Waals surface area (Å²) in [6.07, 6.45) is 2.61. The van der Waals surface area contributed by atoms with Crippen LogP contribution in [0.3, 0.4) is 0 Å². The van der Waals surface area contributed by atoms with Crippen LogP contribution in [-0.2, 0) is 13.2 Å². The van der Waals surface area contributed by atoms with Crippen molar-refractivity contribution in [3.05, 3.63) is 58.5 Å². The second-order valence-corrected chi connectivity index (χ2v) is 5.08. The summed E-state index contributed by atoms with van der Waals surface area (Å²) in [5.41, 5.74) is 1.42. The average Bonchev–Trinajstić information content (AvgIpc) is 2.49. The van der Waals surface area contributed by atoms with E-state index < -0.39 is 0 Å². The van der Waals surface area contributed by atoms with Gasteiger partial charge in [0.1, 0.15) is 12.4 Å². The first-order valence-electron chi connectivity index (χ1n) is 6.92. The third-order valence-corrected chi connectivity index (χ3v) is 3.33. The summed E-state index contributed by atoms with van der Waals surface area (Å²) >= 11 is 6.10. The molecule has 3 nitrogen and oxygen atoms in total. The molecule has 0 unspecified atom stereocenters. The molecule has 1 heterocycles. The smallest absolute Gasteiger partial charge is 0.213 e. The van der Waals surface area contributed by atoms with Gasteiger partial charge in [-0.2, -0.15) is 0 Å². The van der Waals surface area contributed by atoms with Crippen LogP contribution >= 0.6 is 11.6 Å². The van der Waals surface area contributed by atoms with E-state index in [1.807, 2.05) is 0 Å². The number of ether oxygens (including phenoxy) is 1. The lowest BCUT2D eigenvalue weighted by molar-refractivity contribution is 0.287. The standard InChI is InChI=1S/C16H18ClFN2O/c1-2-7-19-9-13-8-16(20-10-14(13)17)21-11-12-5-3-4-6-15(12)18/h3-6,8,10,19H,2,7,9,11H2,1H3. The molecule has 21 heavy (non-hydrogen) atoms. The summed E-state index contributed by atoms with van der Waals surface area (Å²) in [7, 11) is 0. The molecule has 112 valence electrons. The lowest BCUT2D eigenvalue weighted by Crippen LogP contribution is -2.14. The normalized spacial score (nSPS) is 10.6. The maximum atomic E-state index is 13.5. The van der Waals surface area contributed by atoms with Crippen molar-refractivity contribution >= 4 is 11.6 Å². The van der Waals surface area contributed by atoms with Gasteiger partial charge in [-0.15, -0.1) is 0 Å². The number of pyridine rings is 1. The van der Waals surface area contributed by atoms with Gasteiger partial charge in [0.25, 0.3) is 0 Å². The number of hydrogen-bond donors (Lipinski definition) is 1. The van der Waals surface area contributed by atoms with Gasteiger partial charge in [0.05, 0.1) is 5.02 Å². The van der Waals surface area contributed by atoms with E-state index in [4.69, 9.17) is 16.3 Å². The van der Waals surface area contributed by atoms with Gasteiger partial charge >= 0.3 is 0 Å². The highest BCUT2D eigenvalue weighted by molar-refractivity contribution is 6.31. The quantitative estimate of drug-likeness (QED) is 0.786. The van der Waals surface area contributed by atoms with E-state index in [1.165, 1.54) is 6.07 Å². The van der Waals surface area contributed by atoms with E-state index in [9.17, 15) is 4.39 Å². The number of aromatic nitrogens is 1. The summed E-state index contributed by atoms with van der Waals surface area (Å²) < 4.78 is 19.0. The Morgan fingerprint density at radius 1 is 1.29 bits per heavy atom. The molecule has 1 aromatic carbocycles. The molecule has 2 rings (SSSR count). The highest BCUT2D eigenvalue weighted by Gasteiger charge is 2.06. The van der Waals surface area contributed by atoms with Crippen LogP contribution in [0.5, 0.6) is 5.88 Å². The predicted molar refractivity (Wildman–Crippen MR) is 82.0 cm³/mol. The van der Waals surface area contributed by atoms with Crippen LogP contribution in [0.4, 0.5) is 4.39 Å². The van der Waals surface area contributed by atoms with Gasteiger partial charge in [-0.1, -0.05) is 36.7 Å². The molecule has 2 aromatic rings. The van der Waals surface area contributed by atoms with Crippen LogP contribution in [0.25, 0.3) is 0 Å². The molecular formula is C16H18ClFN2O. The fraction of sp³-hybridized carbons (Fsp3) is 0.312. The minimum Gasteiger partial charge on any atom is -0.473 e. The fourth-order valence-corrected chi connectivity index (χ4v) is 2.01. The lowest BCUT2D eigenvalue weighted by atomic mass is 10.2. The summed E-state index contributed by atoms with van der Waals surface area (Å²) in [5, 5.41) is 3.87.